The Kier molecular flexibility index (Phi) is 3.76. The Labute approximate surface area is 109 Å². The molecule has 18 heavy (non-hydrogen) atoms. The lowest BCUT2D eigenvalue weighted by Crippen LogP contribution is -2.17. The molecule has 2 N–H and O–H groups in total. The molecule has 2 aromatic rings. The van der Waals surface area contributed by atoms with E-state index in [-0.39, 0.29) is 5.25 Å². The predicted molar refractivity (Wildman–Crippen MR) is 73.4 cm³/mol. The van der Waals surface area contributed by atoms with Crippen LogP contribution in [0.3, 0.4) is 0 Å². The van der Waals surface area contributed by atoms with Crippen LogP contribution in [0.2, 0.25) is 0 Å². The maximum absolute atomic E-state index is 11.4. The molecular weight excluding hydrogens is 248 g/mol. The topological polar surface area (TPSA) is 73.8 Å². The Morgan fingerprint density at radius 3 is 2.83 bits per heavy atom. The van der Waals surface area contributed by atoms with Gasteiger partial charge in [-0.25, -0.2) is 9.97 Å². The first-order valence-electron chi connectivity index (χ1n) is 5.62. The molecule has 0 aliphatic carbocycles. The van der Waals surface area contributed by atoms with Crippen molar-refractivity contribution in [2.45, 2.75) is 18.7 Å². The summed E-state index contributed by atoms with van der Waals surface area (Å²) in [4.78, 5) is 8.21. The molecule has 2 unspecified atom stereocenters. The first-order valence-corrected chi connectivity index (χ1v) is 7.24. The van der Waals surface area contributed by atoms with E-state index in [0.717, 1.165) is 11.3 Å². The molecule has 0 radical (unpaired) electrons. The van der Waals surface area contributed by atoms with Crippen molar-refractivity contribution in [3.63, 3.8) is 0 Å². The standard InChI is InChI=1S/C12H16N4OS/c1-9(18(2)17)7-16-8-14-6-11(16)10-3-4-12(13)15-5-10/h3-6,8-9H,7H2,1-2H3,(H2,13,15). The van der Waals surface area contributed by atoms with E-state index >= 15 is 0 Å². The van der Waals surface area contributed by atoms with E-state index in [2.05, 4.69) is 9.97 Å². The number of pyridine rings is 1. The SMILES string of the molecule is CC(Cn1cncc1-c1ccc(N)nc1)S(C)=O. The van der Waals surface area contributed by atoms with Gasteiger partial charge in [0.15, 0.2) is 0 Å². The highest BCUT2D eigenvalue weighted by Crippen LogP contribution is 2.19. The van der Waals surface area contributed by atoms with Crippen LogP contribution >= 0.6 is 0 Å². The minimum atomic E-state index is -0.848. The van der Waals surface area contributed by atoms with E-state index in [0.29, 0.717) is 12.4 Å². The molecule has 0 aliphatic heterocycles. The molecule has 0 amide bonds. The third kappa shape index (κ3) is 2.76. The molecule has 96 valence electrons. The fourth-order valence-electron chi connectivity index (χ4n) is 1.65. The Balaban J connectivity index is 2.27. The minimum absolute atomic E-state index is 0.0830. The quantitative estimate of drug-likeness (QED) is 0.903. The Morgan fingerprint density at radius 1 is 1.44 bits per heavy atom. The van der Waals surface area contributed by atoms with Crippen molar-refractivity contribution >= 4 is 16.6 Å². The smallest absolute Gasteiger partial charge is 0.123 e. The molecule has 0 saturated heterocycles. The van der Waals surface area contributed by atoms with Crippen LogP contribution in [0.5, 0.6) is 0 Å². The first-order chi connectivity index (χ1) is 8.58. The summed E-state index contributed by atoms with van der Waals surface area (Å²) < 4.78 is 13.4. The van der Waals surface area contributed by atoms with E-state index < -0.39 is 10.8 Å². The van der Waals surface area contributed by atoms with Crippen LogP contribution in [0.4, 0.5) is 5.82 Å². The molecule has 2 rings (SSSR count). The maximum Gasteiger partial charge on any atom is 0.123 e. The summed E-state index contributed by atoms with van der Waals surface area (Å²) in [6, 6.07) is 3.66. The number of aromatic nitrogens is 3. The third-order valence-electron chi connectivity index (χ3n) is 2.81. The average molecular weight is 264 g/mol. The van der Waals surface area contributed by atoms with E-state index in [1.165, 1.54) is 0 Å². The highest BCUT2D eigenvalue weighted by Gasteiger charge is 2.11. The van der Waals surface area contributed by atoms with E-state index in [1.54, 1.807) is 31.0 Å². The zero-order valence-corrected chi connectivity index (χ0v) is 11.2. The van der Waals surface area contributed by atoms with Gasteiger partial charge in [0.05, 0.1) is 18.2 Å². The van der Waals surface area contributed by atoms with Crippen molar-refractivity contribution in [1.29, 1.82) is 0 Å². The van der Waals surface area contributed by atoms with Crippen LogP contribution in [0.25, 0.3) is 11.3 Å². The molecule has 2 atom stereocenters. The van der Waals surface area contributed by atoms with Crippen molar-refractivity contribution in [3.05, 3.63) is 30.9 Å². The summed E-state index contributed by atoms with van der Waals surface area (Å²) in [5, 5.41) is 0.0830. The molecule has 0 aromatic carbocycles. The zero-order valence-electron chi connectivity index (χ0n) is 10.4. The highest BCUT2D eigenvalue weighted by molar-refractivity contribution is 7.84. The van der Waals surface area contributed by atoms with Gasteiger partial charge in [-0.1, -0.05) is 0 Å². The zero-order chi connectivity index (χ0) is 13.1. The maximum atomic E-state index is 11.4. The summed E-state index contributed by atoms with van der Waals surface area (Å²) in [6.45, 7) is 2.63. The lowest BCUT2D eigenvalue weighted by Gasteiger charge is -2.12. The largest absolute Gasteiger partial charge is 0.384 e. The number of nitrogens with two attached hydrogens (primary N) is 1. The highest BCUT2D eigenvalue weighted by atomic mass is 32.2. The molecule has 2 aromatic heterocycles. The molecule has 5 nitrogen and oxygen atoms in total. The fourth-order valence-corrected chi connectivity index (χ4v) is 2.02. The number of nitrogen functional groups attached to an aromatic ring is 1. The first kappa shape index (κ1) is 12.8. The molecule has 0 saturated carbocycles. The van der Waals surface area contributed by atoms with Gasteiger partial charge in [-0.3, -0.25) is 4.21 Å². The van der Waals surface area contributed by atoms with Gasteiger partial charge in [-0.15, -0.1) is 0 Å². The van der Waals surface area contributed by atoms with E-state index in [9.17, 15) is 4.21 Å². The van der Waals surface area contributed by atoms with Crippen LogP contribution in [-0.4, -0.2) is 30.2 Å². The monoisotopic (exact) mass is 264 g/mol. The second-order valence-corrected chi connectivity index (χ2v) is 6.01. The minimum Gasteiger partial charge on any atom is -0.384 e. The van der Waals surface area contributed by atoms with E-state index in [1.807, 2.05) is 17.6 Å². The normalized spacial score (nSPS) is 14.3. The number of rotatable bonds is 4. The van der Waals surface area contributed by atoms with Crippen LogP contribution < -0.4 is 5.73 Å². The van der Waals surface area contributed by atoms with Crippen LogP contribution in [0.15, 0.2) is 30.9 Å². The molecule has 2 heterocycles. The fraction of sp³-hybridized carbons (Fsp3) is 0.333. The van der Waals surface area contributed by atoms with Crippen molar-refractivity contribution in [2.24, 2.45) is 0 Å². The second-order valence-electron chi connectivity index (χ2n) is 4.21. The molecule has 0 spiro atoms. The molecular formula is C12H16N4OS. The number of nitrogens with zero attached hydrogens (tertiary/aromatic N) is 3. The van der Waals surface area contributed by atoms with Gasteiger partial charge >= 0.3 is 0 Å². The molecule has 6 heteroatoms. The lowest BCUT2D eigenvalue weighted by molar-refractivity contribution is 0.645. The third-order valence-corrected chi connectivity index (χ3v) is 4.10. The van der Waals surface area contributed by atoms with Crippen molar-refractivity contribution in [1.82, 2.24) is 14.5 Å². The summed E-state index contributed by atoms with van der Waals surface area (Å²) >= 11 is 0. The van der Waals surface area contributed by atoms with Gasteiger partial charge in [0, 0.05) is 40.6 Å². The van der Waals surface area contributed by atoms with Gasteiger partial charge in [0.1, 0.15) is 5.82 Å². The average Bonchev–Trinajstić information content (AvgIpc) is 2.78. The molecule has 0 bridgehead atoms. The molecule has 0 aliphatic rings. The Bertz CT molecular complexity index is 549. The van der Waals surface area contributed by atoms with Crippen LogP contribution in [0, 0.1) is 0 Å². The summed E-state index contributed by atoms with van der Waals surface area (Å²) in [5.41, 5.74) is 7.48. The van der Waals surface area contributed by atoms with Gasteiger partial charge < -0.3 is 10.3 Å². The Hall–Kier alpha value is -1.69. The number of hydrogen-bond acceptors (Lipinski definition) is 4. The van der Waals surface area contributed by atoms with Gasteiger partial charge in [-0.2, -0.15) is 0 Å². The number of hydrogen-bond donors (Lipinski definition) is 1. The van der Waals surface area contributed by atoms with Crippen molar-refractivity contribution < 1.29 is 4.21 Å². The second kappa shape index (κ2) is 5.30. The summed E-state index contributed by atoms with van der Waals surface area (Å²) in [6.07, 6.45) is 6.95. The number of imidazole rings is 1. The van der Waals surface area contributed by atoms with Crippen molar-refractivity contribution in [2.75, 3.05) is 12.0 Å². The van der Waals surface area contributed by atoms with Crippen molar-refractivity contribution in [3.8, 4) is 11.3 Å². The molecule has 0 fully saturated rings. The number of anilines is 1. The van der Waals surface area contributed by atoms with Gasteiger partial charge in [0.2, 0.25) is 0 Å². The van der Waals surface area contributed by atoms with Crippen LogP contribution in [-0.2, 0) is 17.3 Å². The summed E-state index contributed by atoms with van der Waals surface area (Å²) in [7, 11) is -0.848. The predicted octanol–water partition coefficient (Wildman–Crippen LogP) is 1.29. The van der Waals surface area contributed by atoms with Crippen LogP contribution in [0.1, 0.15) is 6.92 Å². The van der Waals surface area contributed by atoms with Gasteiger partial charge in [-0.05, 0) is 19.1 Å². The summed E-state index contributed by atoms with van der Waals surface area (Å²) in [5.74, 6) is 0.493. The van der Waals surface area contributed by atoms with E-state index in [4.69, 9.17) is 5.73 Å². The Morgan fingerprint density at radius 2 is 2.22 bits per heavy atom. The lowest BCUT2D eigenvalue weighted by atomic mass is 10.2. The van der Waals surface area contributed by atoms with Gasteiger partial charge in [0.25, 0.3) is 0 Å².